The van der Waals surface area contributed by atoms with Gasteiger partial charge in [0.15, 0.2) is 0 Å². The van der Waals surface area contributed by atoms with Crippen LogP contribution in [0.25, 0.3) is 11.1 Å². The van der Waals surface area contributed by atoms with Gasteiger partial charge in [0.2, 0.25) is 0 Å². The highest BCUT2D eigenvalue weighted by Gasteiger charge is 2.28. The molecule has 0 N–H and O–H groups in total. The van der Waals surface area contributed by atoms with Crippen LogP contribution in [0.4, 0.5) is 5.69 Å². The molecule has 2 aromatic carbocycles. The lowest BCUT2D eigenvalue weighted by Crippen LogP contribution is -2.25. The maximum atomic E-state index is 13.0. The number of ether oxygens (including phenoxy) is 3. The standard InChI is InChI=1S/C24H27NO8/c1-23(2,3)32-21(27)18-12-14(20(26)31-7)8-10-16(18)17-11-9-15(25(29)30)13-19(17)22(28)33-24(4,5)6/h8-13H,1-7H3. The van der Waals surface area contributed by atoms with Gasteiger partial charge in [-0.1, -0.05) is 6.07 Å². The number of methoxy groups -OCH3 is 1. The van der Waals surface area contributed by atoms with Crippen LogP contribution >= 0.6 is 0 Å². The molecule has 0 heterocycles. The van der Waals surface area contributed by atoms with Gasteiger partial charge in [0.1, 0.15) is 11.2 Å². The summed E-state index contributed by atoms with van der Waals surface area (Å²) < 4.78 is 15.6. The number of hydrogen-bond acceptors (Lipinski definition) is 8. The largest absolute Gasteiger partial charge is 0.465 e. The monoisotopic (exact) mass is 457 g/mol. The minimum atomic E-state index is -0.859. The van der Waals surface area contributed by atoms with Gasteiger partial charge >= 0.3 is 17.9 Å². The molecular weight excluding hydrogens is 430 g/mol. The lowest BCUT2D eigenvalue weighted by molar-refractivity contribution is -0.384. The first-order valence-electron chi connectivity index (χ1n) is 10.1. The molecule has 0 atom stereocenters. The second-order valence-electron chi connectivity index (χ2n) is 9.24. The van der Waals surface area contributed by atoms with E-state index in [1.165, 1.54) is 37.4 Å². The van der Waals surface area contributed by atoms with Crippen LogP contribution in [0.3, 0.4) is 0 Å². The van der Waals surface area contributed by atoms with Crippen LogP contribution in [-0.2, 0) is 14.2 Å². The van der Waals surface area contributed by atoms with Crippen LogP contribution in [0.2, 0.25) is 0 Å². The molecule has 0 spiro atoms. The molecule has 0 fully saturated rings. The third kappa shape index (κ3) is 6.61. The molecule has 9 heteroatoms. The zero-order valence-corrected chi connectivity index (χ0v) is 19.7. The average Bonchev–Trinajstić information content (AvgIpc) is 2.69. The van der Waals surface area contributed by atoms with Crippen molar-refractivity contribution >= 4 is 23.6 Å². The van der Waals surface area contributed by atoms with Gasteiger partial charge in [-0.2, -0.15) is 0 Å². The van der Waals surface area contributed by atoms with E-state index in [-0.39, 0.29) is 33.5 Å². The summed E-state index contributed by atoms with van der Waals surface area (Å²) in [4.78, 5) is 48.7. The first-order valence-corrected chi connectivity index (χ1v) is 10.1. The molecule has 0 bridgehead atoms. The average molecular weight is 457 g/mol. The second kappa shape index (κ2) is 9.40. The minimum absolute atomic E-state index is 0.00788. The highest BCUT2D eigenvalue weighted by atomic mass is 16.6. The van der Waals surface area contributed by atoms with Crippen molar-refractivity contribution in [2.45, 2.75) is 52.7 Å². The van der Waals surface area contributed by atoms with E-state index in [1.54, 1.807) is 41.5 Å². The van der Waals surface area contributed by atoms with Gasteiger partial charge < -0.3 is 14.2 Å². The Balaban J connectivity index is 2.78. The lowest BCUT2D eigenvalue weighted by Gasteiger charge is -2.22. The van der Waals surface area contributed by atoms with Crippen LogP contribution < -0.4 is 0 Å². The number of nitro benzene ring substituents is 1. The molecular formula is C24H27NO8. The number of nitrogens with zero attached hydrogens (tertiary/aromatic N) is 1. The number of carbonyl (C=O) groups is 3. The zero-order chi connectivity index (χ0) is 25.1. The Kier molecular flexibility index (Phi) is 7.26. The highest BCUT2D eigenvalue weighted by Crippen LogP contribution is 2.33. The van der Waals surface area contributed by atoms with E-state index in [2.05, 4.69) is 0 Å². The molecule has 0 aliphatic rings. The van der Waals surface area contributed by atoms with E-state index in [0.29, 0.717) is 0 Å². The van der Waals surface area contributed by atoms with Crippen molar-refractivity contribution in [3.63, 3.8) is 0 Å². The van der Waals surface area contributed by atoms with Crippen molar-refractivity contribution in [2.24, 2.45) is 0 Å². The smallest absolute Gasteiger partial charge is 0.339 e. The molecule has 0 unspecified atom stereocenters. The third-order valence-corrected chi connectivity index (χ3v) is 4.18. The van der Waals surface area contributed by atoms with E-state index in [1.807, 2.05) is 0 Å². The number of rotatable bonds is 5. The quantitative estimate of drug-likeness (QED) is 0.267. The Hall–Kier alpha value is -3.75. The van der Waals surface area contributed by atoms with Gasteiger partial charge in [0, 0.05) is 12.1 Å². The van der Waals surface area contributed by atoms with Crippen molar-refractivity contribution < 1.29 is 33.5 Å². The van der Waals surface area contributed by atoms with Crippen molar-refractivity contribution in [1.29, 1.82) is 0 Å². The van der Waals surface area contributed by atoms with Gasteiger partial charge in [-0.15, -0.1) is 0 Å². The van der Waals surface area contributed by atoms with Crippen LogP contribution in [0, 0.1) is 10.1 Å². The van der Waals surface area contributed by atoms with E-state index in [0.717, 1.165) is 6.07 Å². The molecule has 2 aromatic rings. The molecule has 9 nitrogen and oxygen atoms in total. The molecule has 0 aliphatic heterocycles. The Morgan fingerprint density at radius 2 is 1.21 bits per heavy atom. The number of carbonyl (C=O) groups excluding carboxylic acids is 3. The van der Waals surface area contributed by atoms with E-state index in [9.17, 15) is 24.5 Å². The maximum absolute atomic E-state index is 13.0. The van der Waals surface area contributed by atoms with E-state index >= 15 is 0 Å². The predicted molar refractivity (Wildman–Crippen MR) is 120 cm³/mol. The Morgan fingerprint density at radius 3 is 1.64 bits per heavy atom. The molecule has 0 aromatic heterocycles. The molecule has 0 amide bonds. The second-order valence-corrected chi connectivity index (χ2v) is 9.24. The van der Waals surface area contributed by atoms with Gasteiger partial charge in [0.25, 0.3) is 5.69 Å². The molecule has 176 valence electrons. The highest BCUT2D eigenvalue weighted by molar-refractivity contribution is 6.05. The fourth-order valence-electron chi connectivity index (χ4n) is 2.91. The maximum Gasteiger partial charge on any atom is 0.339 e. The van der Waals surface area contributed by atoms with Crippen LogP contribution in [0.1, 0.15) is 72.6 Å². The fraction of sp³-hybridized carbons (Fsp3) is 0.375. The fourth-order valence-corrected chi connectivity index (χ4v) is 2.91. The van der Waals surface area contributed by atoms with Crippen LogP contribution in [0.15, 0.2) is 36.4 Å². The number of nitro groups is 1. The predicted octanol–water partition coefficient (Wildman–Crippen LogP) is 4.96. The summed E-state index contributed by atoms with van der Waals surface area (Å²) in [6.07, 6.45) is 0. The first kappa shape index (κ1) is 25.5. The Bertz CT molecular complexity index is 1110. The third-order valence-electron chi connectivity index (χ3n) is 4.18. The van der Waals surface area contributed by atoms with Gasteiger partial charge in [-0.3, -0.25) is 10.1 Å². The van der Waals surface area contributed by atoms with Crippen LogP contribution in [0.5, 0.6) is 0 Å². The Morgan fingerprint density at radius 1 is 0.758 bits per heavy atom. The molecule has 0 saturated heterocycles. The minimum Gasteiger partial charge on any atom is -0.465 e. The summed E-state index contributed by atoms with van der Waals surface area (Å²) >= 11 is 0. The number of hydrogen-bond donors (Lipinski definition) is 0. The van der Waals surface area contributed by atoms with Gasteiger partial charge in [-0.25, -0.2) is 14.4 Å². The molecule has 0 radical (unpaired) electrons. The van der Waals surface area contributed by atoms with Crippen molar-refractivity contribution in [3.8, 4) is 11.1 Å². The summed E-state index contributed by atoms with van der Waals surface area (Å²) in [6, 6.07) is 7.86. The van der Waals surface area contributed by atoms with Crippen molar-refractivity contribution in [2.75, 3.05) is 7.11 Å². The summed E-state index contributed by atoms with van der Waals surface area (Å²) in [6.45, 7) is 10.1. The molecule has 0 aliphatic carbocycles. The number of esters is 3. The van der Waals surface area contributed by atoms with E-state index in [4.69, 9.17) is 14.2 Å². The van der Waals surface area contributed by atoms with Crippen LogP contribution in [-0.4, -0.2) is 41.1 Å². The van der Waals surface area contributed by atoms with Crippen molar-refractivity contribution in [3.05, 3.63) is 63.2 Å². The normalized spacial score (nSPS) is 11.5. The number of non-ortho nitro benzene ring substituents is 1. The van der Waals surface area contributed by atoms with Gasteiger partial charge in [0.05, 0.1) is 28.7 Å². The first-order chi connectivity index (χ1) is 15.1. The van der Waals surface area contributed by atoms with E-state index < -0.39 is 34.0 Å². The molecule has 33 heavy (non-hydrogen) atoms. The molecule has 2 rings (SSSR count). The molecule has 0 saturated carbocycles. The zero-order valence-electron chi connectivity index (χ0n) is 19.7. The topological polar surface area (TPSA) is 122 Å². The number of benzene rings is 2. The summed E-state index contributed by atoms with van der Waals surface area (Å²) in [5.74, 6) is -2.20. The van der Waals surface area contributed by atoms with Crippen molar-refractivity contribution in [1.82, 2.24) is 0 Å². The summed E-state index contributed by atoms with van der Waals surface area (Å²) in [5, 5.41) is 11.3. The SMILES string of the molecule is COC(=O)c1ccc(-c2ccc([N+](=O)[O-])cc2C(=O)OC(C)(C)C)c(C(=O)OC(C)(C)C)c1. The van der Waals surface area contributed by atoms with Gasteiger partial charge in [-0.05, 0) is 70.9 Å². The summed E-state index contributed by atoms with van der Waals surface area (Å²) in [7, 11) is 1.21. The Labute approximate surface area is 191 Å². The summed E-state index contributed by atoms with van der Waals surface area (Å²) in [5.41, 5.74) is -1.56. The lowest BCUT2D eigenvalue weighted by atomic mass is 9.93.